The molecule has 2 amide bonds. The number of thiophene rings is 1. The van der Waals surface area contributed by atoms with Crippen LogP contribution in [-0.2, 0) is 14.3 Å². The smallest absolute Gasteiger partial charge is 0.348 e. The lowest BCUT2D eigenvalue weighted by molar-refractivity contribution is -0.139. The molecule has 7 heteroatoms. The van der Waals surface area contributed by atoms with Crippen molar-refractivity contribution in [1.82, 2.24) is 4.90 Å². The minimum atomic E-state index is -0.527. The minimum Gasteiger partial charge on any atom is -0.451 e. The monoisotopic (exact) mass is 416 g/mol. The molecule has 0 unspecified atom stereocenters. The number of nitrogens with one attached hydrogen (secondary N) is 1. The van der Waals surface area contributed by atoms with Gasteiger partial charge in [-0.25, -0.2) is 4.79 Å². The molecule has 1 aromatic carbocycles. The number of hydrogen-bond acceptors (Lipinski definition) is 5. The Morgan fingerprint density at radius 2 is 1.86 bits per heavy atom. The fourth-order valence-electron chi connectivity index (χ4n) is 2.77. The van der Waals surface area contributed by atoms with E-state index in [9.17, 15) is 14.4 Å². The number of rotatable bonds is 8. The quantitative estimate of drug-likeness (QED) is 0.658. The molecule has 1 aromatic heterocycles. The van der Waals surface area contributed by atoms with Crippen LogP contribution in [0, 0.1) is 20.8 Å². The third-order valence-electron chi connectivity index (χ3n) is 4.90. The van der Waals surface area contributed by atoms with E-state index in [1.165, 1.54) is 16.2 Å². The average Bonchev–Trinajstić information content (AvgIpc) is 3.13. The van der Waals surface area contributed by atoms with Crippen LogP contribution in [0.1, 0.15) is 45.9 Å². The second-order valence-electron chi connectivity index (χ2n) is 7.06. The summed E-state index contributed by atoms with van der Waals surface area (Å²) in [4.78, 5) is 40.2. The van der Waals surface area contributed by atoms with Gasteiger partial charge in [0.25, 0.3) is 5.91 Å². The summed E-state index contributed by atoms with van der Waals surface area (Å²) in [5.74, 6) is -1.20. The summed E-state index contributed by atoms with van der Waals surface area (Å²) in [5.41, 5.74) is 2.79. The molecule has 0 saturated heterocycles. The lowest BCUT2D eigenvalue weighted by Gasteiger charge is -2.28. The number of amides is 2. The number of hydrogen-bond donors (Lipinski definition) is 1. The van der Waals surface area contributed by atoms with E-state index in [1.807, 2.05) is 58.9 Å². The van der Waals surface area contributed by atoms with Gasteiger partial charge in [-0.05, 0) is 63.4 Å². The molecule has 0 aliphatic heterocycles. The zero-order chi connectivity index (χ0) is 21.6. The maximum Gasteiger partial charge on any atom is 0.348 e. The standard InChI is InChI=1S/C22H28N2O4S/c1-6-15(3)24(12-20(25)23-18-9-7-8-14(2)17(18)5)21(26)13-28-22(27)19-11-10-16(4)29-19/h7-11,15H,6,12-13H2,1-5H3,(H,23,25)/t15-/m1/s1. The number of anilines is 1. The Kier molecular flexibility index (Phi) is 7.96. The van der Waals surface area contributed by atoms with E-state index in [2.05, 4.69) is 5.32 Å². The highest BCUT2D eigenvalue weighted by molar-refractivity contribution is 7.13. The Hall–Kier alpha value is -2.67. The highest BCUT2D eigenvalue weighted by Gasteiger charge is 2.24. The van der Waals surface area contributed by atoms with Gasteiger partial charge in [-0.3, -0.25) is 9.59 Å². The lowest BCUT2D eigenvalue weighted by Crippen LogP contribution is -2.45. The molecule has 0 aliphatic carbocycles. The van der Waals surface area contributed by atoms with Crippen LogP contribution in [0.2, 0.25) is 0 Å². The van der Waals surface area contributed by atoms with Crippen molar-refractivity contribution in [3.63, 3.8) is 0 Å². The lowest BCUT2D eigenvalue weighted by atomic mass is 10.1. The molecule has 156 valence electrons. The number of carbonyl (C=O) groups is 3. The van der Waals surface area contributed by atoms with Crippen molar-refractivity contribution in [3.8, 4) is 0 Å². The van der Waals surface area contributed by atoms with E-state index in [0.717, 1.165) is 21.7 Å². The summed E-state index contributed by atoms with van der Waals surface area (Å²) in [6.07, 6.45) is 0.681. The van der Waals surface area contributed by atoms with E-state index in [1.54, 1.807) is 6.07 Å². The molecule has 0 saturated carbocycles. The topological polar surface area (TPSA) is 75.7 Å². The molecule has 1 atom stereocenters. The Balaban J connectivity index is 2.00. The fourth-order valence-corrected chi connectivity index (χ4v) is 3.53. The van der Waals surface area contributed by atoms with Gasteiger partial charge in [0.15, 0.2) is 6.61 Å². The van der Waals surface area contributed by atoms with Crippen LogP contribution < -0.4 is 5.32 Å². The first-order valence-corrected chi connectivity index (χ1v) is 10.4. The van der Waals surface area contributed by atoms with Gasteiger partial charge in [-0.2, -0.15) is 0 Å². The Labute approximate surface area is 175 Å². The summed E-state index contributed by atoms with van der Waals surface area (Å²) in [5, 5.41) is 2.87. The first-order valence-electron chi connectivity index (χ1n) is 9.62. The molecule has 1 N–H and O–H groups in total. The zero-order valence-corrected chi connectivity index (χ0v) is 18.4. The van der Waals surface area contributed by atoms with Gasteiger partial charge in [0.05, 0.1) is 0 Å². The molecule has 0 radical (unpaired) electrons. The first-order chi connectivity index (χ1) is 13.7. The average molecular weight is 417 g/mol. The van der Waals surface area contributed by atoms with E-state index in [0.29, 0.717) is 11.3 Å². The normalized spacial score (nSPS) is 11.6. The Morgan fingerprint density at radius 1 is 1.14 bits per heavy atom. The molecule has 2 aromatic rings. The van der Waals surface area contributed by atoms with Crippen LogP contribution >= 0.6 is 11.3 Å². The summed E-state index contributed by atoms with van der Waals surface area (Å²) in [7, 11) is 0. The van der Waals surface area contributed by atoms with E-state index in [-0.39, 0.29) is 18.5 Å². The van der Waals surface area contributed by atoms with Gasteiger partial charge in [0.1, 0.15) is 11.4 Å². The third kappa shape index (κ3) is 6.15. The van der Waals surface area contributed by atoms with E-state index in [4.69, 9.17) is 4.74 Å². The second-order valence-corrected chi connectivity index (χ2v) is 8.35. The van der Waals surface area contributed by atoms with Gasteiger partial charge in [0, 0.05) is 16.6 Å². The van der Waals surface area contributed by atoms with Crippen molar-refractivity contribution in [2.45, 2.75) is 47.1 Å². The molecule has 0 fully saturated rings. The molecule has 2 rings (SSSR count). The van der Waals surface area contributed by atoms with Crippen molar-refractivity contribution < 1.29 is 19.1 Å². The van der Waals surface area contributed by atoms with E-state index < -0.39 is 18.5 Å². The van der Waals surface area contributed by atoms with Crippen molar-refractivity contribution in [2.24, 2.45) is 0 Å². The molecule has 1 heterocycles. The zero-order valence-electron chi connectivity index (χ0n) is 17.6. The van der Waals surface area contributed by atoms with Gasteiger partial charge in [-0.1, -0.05) is 19.1 Å². The second kappa shape index (κ2) is 10.2. The minimum absolute atomic E-state index is 0.100. The number of ether oxygens (including phenoxy) is 1. The molecule has 29 heavy (non-hydrogen) atoms. The van der Waals surface area contributed by atoms with Crippen LogP contribution in [0.15, 0.2) is 30.3 Å². The molecule has 0 spiro atoms. The van der Waals surface area contributed by atoms with Crippen molar-refractivity contribution in [3.05, 3.63) is 51.2 Å². The highest BCUT2D eigenvalue weighted by Crippen LogP contribution is 2.18. The molecule has 0 aliphatic rings. The summed E-state index contributed by atoms with van der Waals surface area (Å²) < 4.78 is 5.16. The summed E-state index contributed by atoms with van der Waals surface area (Å²) >= 11 is 1.32. The van der Waals surface area contributed by atoms with Gasteiger partial charge >= 0.3 is 5.97 Å². The summed E-state index contributed by atoms with van der Waals surface area (Å²) in [6, 6.07) is 9.03. The van der Waals surface area contributed by atoms with Crippen molar-refractivity contribution in [1.29, 1.82) is 0 Å². The SMILES string of the molecule is CC[C@@H](C)N(CC(=O)Nc1cccc(C)c1C)C(=O)COC(=O)c1ccc(C)s1. The molecule has 0 bridgehead atoms. The van der Waals surface area contributed by atoms with Gasteiger partial charge < -0.3 is 15.0 Å². The number of nitrogens with zero attached hydrogens (tertiary/aromatic N) is 1. The highest BCUT2D eigenvalue weighted by atomic mass is 32.1. The van der Waals surface area contributed by atoms with Crippen LogP contribution in [-0.4, -0.2) is 41.9 Å². The molecular weight excluding hydrogens is 388 g/mol. The Morgan fingerprint density at radius 3 is 2.48 bits per heavy atom. The maximum absolute atomic E-state index is 12.7. The maximum atomic E-state index is 12.7. The van der Waals surface area contributed by atoms with Crippen molar-refractivity contribution in [2.75, 3.05) is 18.5 Å². The molecular formula is C22H28N2O4S. The van der Waals surface area contributed by atoms with Crippen LogP contribution in [0.3, 0.4) is 0 Å². The number of benzene rings is 1. The van der Waals surface area contributed by atoms with Crippen molar-refractivity contribution >= 4 is 34.8 Å². The number of aryl methyl sites for hydroxylation is 2. The van der Waals surface area contributed by atoms with Crippen LogP contribution in [0.25, 0.3) is 0 Å². The Bertz CT molecular complexity index is 891. The van der Waals surface area contributed by atoms with Gasteiger partial charge in [-0.15, -0.1) is 11.3 Å². The first kappa shape index (κ1) is 22.6. The van der Waals surface area contributed by atoms with Gasteiger partial charge in [0.2, 0.25) is 5.91 Å². The van der Waals surface area contributed by atoms with Crippen LogP contribution in [0.5, 0.6) is 0 Å². The largest absolute Gasteiger partial charge is 0.451 e. The predicted octanol–water partition coefficient (Wildman–Crippen LogP) is 4.10. The molecule has 6 nitrogen and oxygen atoms in total. The summed E-state index contributed by atoms with van der Waals surface area (Å²) in [6.45, 7) is 9.12. The number of esters is 1. The fraction of sp³-hybridized carbons (Fsp3) is 0.409. The predicted molar refractivity (Wildman–Crippen MR) is 115 cm³/mol. The van der Waals surface area contributed by atoms with Crippen LogP contribution in [0.4, 0.5) is 5.69 Å². The number of carbonyl (C=O) groups excluding carboxylic acids is 3. The third-order valence-corrected chi connectivity index (χ3v) is 5.88. The van der Waals surface area contributed by atoms with E-state index >= 15 is 0 Å².